The van der Waals surface area contributed by atoms with Crippen LogP contribution in [0.2, 0.25) is 0 Å². The van der Waals surface area contributed by atoms with E-state index in [-0.39, 0.29) is 11.8 Å². The predicted molar refractivity (Wildman–Crippen MR) is 81.3 cm³/mol. The van der Waals surface area contributed by atoms with Gasteiger partial charge in [0.2, 0.25) is 5.91 Å². The molecule has 1 aromatic heterocycles. The Bertz CT molecular complexity index is 649. The maximum Gasteiger partial charge on any atom is 0.238 e. The number of benzene rings is 1. The van der Waals surface area contributed by atoms with Crippen LogP contribution in [0.1, 0.15) is 12.8 Å². The number of piperidine rings is 1. The molecule has 0 bridgehead atoms. The van der Waals surface area contributed by atoms with Gasteiger partial charge in [-0.3, -0.25) is 9.69 Å². The van der Waals surface area contributed by atoms with Crippen LogP contribution in [0.4, 0.5) is 5.69 Å². The van der Waals surface area contributed by atoms with Crippen molar-refractivity contribution in [3.63, 3.8) is 0 Å². The fourth-order valence-electron chi connectivity index (χ4n) is 2.55. The molecule has 1 fully saturated rings. The number of rotatable bonds is 4. The van der Waals surface area contributed by atoms with E-state index in [0.29, 0.717) is 12.2 Å². The number of fused-ring (bicyclic) bond motifs is 1. The number of anilines is 1. The number of aldehydes is 1. The maximum absolute atomic E-state index is 12.1. The minimum absolute atomic E-state index is 0.0555. The fraction of sp³-hybridized carbons (Fsp3) is 0.429. The van der Waals surface area contributed by atoms with E-state index in [9.17, 15) is 9.59 Å². The first-order chi connectivity index (χ1) is 10.3. The minimum Gasteiger partial charge on any atom is -0.323 e. The molecule has 110 valence electrons. The van der Waals surface area contributed by atoms with Crippen LogP contribution in [0.25, 0.3) is 11.0 Å². The lowest BCUT2D eigenvalue weighted by molar-refractivity contribution is -0.117. The van der Waals surface area contributed by atoms with Gasteiger partial charge in [-0.2, -0.15) is 8.75 Å². The van der Waals surface area contributed by atoms with Crippen molar-refractivity contribution in [1.82, 2.24) is 13.6 Å². The first-order valence-electron chi connectivity index (χ1n) is 6.95. The molecule has 0 atom stereocenters. The van der Waals surface area contributed by atoms with Crippen molar-refractivity contribution in [1.29, 1.82) is 0 Å². The molecule has 0 spiro atoms. The molecule has 1 N–H and O–H groups in total. The normalized spacial score (nSPS) is 17.0. The Morgan fingerprint density at radius 1 is 1.38 bits per heavy atom. The van der Waals surface area contributed by atoms with Gasteiger partial charge >= 0.3 is 0 Å². The van der Waals surface area contributed by atoms with E-state index in [1.807, 2.05) is 18.2 Å². The van der Waals surface area contributed by atoms with Crippen LogP contribution in [0.5, 0.6) is 0 Å². The molecule has 2 aromatic rings. The van der Waals surface area contributed by atoms with Crippen LogP contribution in [0.15, 0.2) is 18.2 Å². The van der Waals surface area contributed by atoms with E-state index < -0.39 is 0 Å². The summed E-state index contributed by atoms with van der Waals surface area (Å²) < 4.78 is 8.36. The van der Waals surface area contributed by atoms with Crippen LogP contribution in [0, 0.1) is 5.92 Å². The lowest BCUT2D eigenvalue weighted by atomic mass is 9.99. The highest BCUT2D eigenvalue weighted by molar-refractivity contribution is 7.00. The van der Waals surface area contributed by atoms with Gasteiger partial charge in [-0.05, 0) is 38.1 Å². The molecular formula is C14H16N4O2S. The van der Waals surface area contributed by atoms with Crippen molar-refractivity contribution in [2.24, 2.45) is 5.92 Å². The average molecular weight is 304 g/mol. The maximum atomic E-state index is 12.1. The van der Waals surface area contributed by atoms with Crippen LogP contribution in [-0.2, 0) is 9.59 Å². The van der Waals surface area contributed by atoms with E-state index in [1.54, 1.807) is 0 Å². The first kappa shape index (κ1) is 14.1. The molecule has 0 aliphatic carbocycles. The molecule has 0 radical (unpaired) electrons. The second-order valence-corrected chi connectivity index (χ2v) is 5.76. The van der Waals surface area contributed by atoms with Gasteiger partial charge in [0.25, 0.3) is 0 Å². The number of carbonyl (C=O) groups is 2. The average Bonchev–Trinajstić information content (AvgIpc) is 2.97. The summed E-state index contributed by atoms with van der Waals surface area (Å²) in [6.07, 6.45) is 2.69. The number of nitrogens with one attached hydrogen (secondary N) is 1. The van der Waals surface area contributed by atoms with Crippen LogP contribution < -0.4 is 5.32 Å². The summed E-state index contributed by atoms with van der Waals surface area (Å²) in [6, 6.07) is 5.56. The molecular weight excluding hydrogens is 288 g/mol. The van der Waals surface area contributed by atoms with Gasteiger partial charge in [0.1, 0.15) is 17.3 Å². The Morgan fingerprint density at radius 3 is 2.95 bits per heavy atom. The molecule has 1 aromatic carbocycles. The monoisotopic (exact) mass is 304 g/mol. The molecule has 21 heavy (non-hydrogen) atoms. The highest BCUT2D eigenvalue weighted by Crippen LogP contribution is 2.21. The second-order valence-electron chi connectivity index (χ2n) is 5.24. The van der Waals surface area contributed by atoms with Crippen molar-refractivity contribution < 1.29 is 9.59 Å². The zero-order valence-electron chi connectivity index (χ0n) is 11.5. The lowest BCUT2D eigenvalue weighted by Crippen LogP contribution is -2.39. The number of hydrogen-bond donors (Lipinski definition) is 1. The SMILES string of the molecule is O=CC1CCN(CC(=O)Nc2cccc3nsnc23)CC1. The summed E-state index contributed by atoms with van der Waals surface area (Å²) in [4.78, 5) is 24.9. The minimum atomic E-state index is -0.0555. The fourth-order valence-corrected chi connectivity index (χ4v) is 3.10. The van der Waals surface area contributed by atoms with Crippen molar-refractivity contribution in [2.45, 2.75) is 12.8 Å². The zero-order valence-corrected chi connectivity index (χ0v) is 12.3. The Kier molecular flexibility index (Phi) is 4.21. The summed E-state index contributed by atoms with van der Waals surface area (Å²) in [5.41, 5.74) is 2.23. The summed E-state index contributed by atoms with van der Waals surface area (Å²) in [6.45, 7) is 1.93. The van der Waals surface area contributed by atoms with Crippen LogP contribution in [0.3, 0.4) is 0 Å². The van der Waals surface area contributed by atoms with Gasteiger partial charge in [-0.1, -0.05) is 6.07 Å². The van der Waals surface area contributed by atoms with Gasteiger partial charge in [-0.25, -0.2) is 0 Å². The van der Waals surface area contributed by atoms with E-state index >= 15 is 0 Å². The van der Waals surface area contributed by atoms with Gasteiger partial charge in [0, 0.05) is 5.92 Å². The molecule has 7 heteroatoms. The number of amides is 1. The van der Waals surface area contributed by atoms with Gasteiger partial charge in [0.15, 0.2) is 0 Å². The number of hydrogen-bond acceptors (Lipinski definition) is 6. The second kappa shape index (κ2) is 6.28. The molecule has 0 saturated carbocycles. The van der Waals surface area contributed by atoms with Crippen molar-refractivity contribution in [3.8, 4) is 0 Å². The number of carbonyl (C=O) groups excluding carboxylic acids is 2. The Morgan fingerprint density at radius 2 is 2.19 bits per heavy atom. The van der Waals surface area contributed by atoms with Crippen molar-refractivity contribution in [3.05, 3.63) is 18.2 Å². The van der Waals surface area contributed by atoms with Gasteiger partial charge in [0.05, 0.1) is 24.0 Å². The zero-order chi connectivity index (χ0) is 14.7. The molecule has 1 amide bonds. The highest BCUT2D eigenvalue weighted by atomic mass is 32.1. The van der Waals surface area contributed by atoms with E-state index in [1.165, 1.54) is 0 Å². The van der Waals surface area contributed by atoms with E-state index in [0.717, 1.165) is 55.0 Å². The third kappa shape index (κ3) is 3.25. The number of aromatic nitrogens is 2. The van der Waals surface area contributed by atoms with E-state index in [2.05, 4.69) is 19.0 Å². The number of likely N-dealkylation sites (tertiary alicyclic amines) is 1. The van der Waals surface area contributed by atoms with Gasteiger partial charge < -0.3 is 10.1 Å². The molecule has 1 aliphatic rings. The quantitative estimate of drug-likeness (QED) is 0.867. The summed E-state index contributed by atoms with van der Waals surface area (Å²) >= 11 is 1.14. The molecule has 3 rings (SSSR count). The smallest absolute Gasteiger partial charge is 0.238 e. The first-order valence-corrected chi connectivity index (χ1v) is 7.68. The van der Waals surface area contributed by atoms with Crippen LogP contribution >= 0.6 is 11.7 Å². The Hall–Kier alpha value is -1.86. The third-order valence-electron chi connectivity index (χ3n) is 3.75. The summed E-state index contributed by atoms with van der Waals surface area (Å²) in [7, 11) is 0. The molecule has 6 nitrogen and oxygen atoms in total. The Balaban J connectivity index is 1.59. The van der Waals surface area contributed by atoms with Crippen LogP contribution in [-0.4, -0.2) is 45.5 Å². The Labute approximate surface area is 126 Å². The highest BCUT2D eigenvalue weighted by Gasteiger charge is 2.20. The summed E-state index contributed by atoms with van der Waals surface area (Å²) in [5, 5.41) is 2.90. The lowest BCUT2D eigenvalue weighted by Gasteiger charge is -2.28. The third-order valence-corrected chi connectivity index (χ3v) is 4.29. The standard InChI is InChI=1S/C14H16N4O2S/c19-9-10-4-6-18(7-5-10)8-13(20)15-11-2-1-3-12-14(11)17-21-16-12/h1-3,9-10H,4-8H2,(H,15,20). The molecule has 0 unspecified atom stereocenters. The molecule has 1 aliphatic heterocycles. The molecule has 2 heterocycles. The predicted octanol–water partition coefficient (Wildman–Crippen LogP) is 1.54. The molecule has 1 saturated heterocycles. The largest absolute Gasteiger partial charge is 0.323 e. The van der Waals surface area contributed by atoms with E-state index in [4.69, 9.17) is 0 Å². The van der Waals surface area contributed by atoms with Crippen molar-refractivity contribution in [2.75, 3.05) is 25.0 Å². The summed E-state index contributed by atoms with van der Waals surface area (Å²) in [5.74, 6) is 0.0965. The van der Waals surface area contributed by atoms with Gasteiger partial charge in [-0.15, -0.1) is 0 Å². The number of nitrogens with zero attached hydrogens (tertiary/aromatic N) is 3. The van der Waals surface area contributed by atoms with Crippen molar-refractivity contribution >= 4 is 40.6 Å². The topological polar surface area (TPSA) is 75.2 Å².